The van der Waals surface area contributed by atoms with Crippen LogP contribution >= 0.6 is 11.8 Å². The van der Waals surface area contributed by atoms with Gasteiger partial charge in [-0.25, -0.2) is 9.50 Å². The molecule has 0 radical (unpaired) electrons. The summed E-state index contributed by atoms with van der Waals surface area (Å²) in [6, 6.07) is 2.10. The first-order valence-corrected chi connectivity index (χ1v) is 6.64. The molecule has 2 aromatic rings. The van der Waals surface area contributed by atoms with Crippen molar-refractivity contribution in [2.24, 2.45) is 0 Å². The Morgan fingerprint density at radius 1 is 1.31 bits per heavy atom. The van der Waals surface area contributed by atoms with Gasteiger partial charge in [0.1, 0.15) is 5.52 Å². The Kier molecular flexibility index (Phi) is 2.47. The van der Waals surface area contributed by atoms with Crippen molar-refractivity contribution in [3.05, 3.63) is 24.2 Å². The lowest BCUT2D eigenvalue weighted by molar-refractivity contribution is 0.829. The number of fused-ring (bicyclic) bond motifs is 1. The van der Waals surface area contributed by atoms with Gasteiger partial charge in [0.15, 0.2) is 5.82 Å². The molecule has 1 saturated heterocycles. The molecule has 0 spiro atoms. The molecule has 16 heavy (non-hydrogen) atoms. The summed E-state index contributed by atoms with van der Waals surface area (Å²) in [7, 11) is 0. The Bertz CT molecular complexity index is 502. The first kappa shape index (κ1) is 9.96. The highest BCUT2D eigenvalue weighted by molar-refractivity contribution is 7.99. The van der Waals surface area contributed by atoms with E-state index in [1.165, 1.54) is 11.5 Å². The second-order valence-electron chi connectivity index (χ2n) is 3.97. The molecule has 1 aliphatic heterocycles. The zero-order valence-electron chi connectivity index (χ0n) is 9.26. The molecule has 1 fully saturated rings. The Morgan fingerprint density at radius 2 is 2.12 bits per heavy atom. The van der Waals surface area contributed by atoms with Crippen molar-refractivity contribution in [1.29, 1.82) is 0 Å². The summed E-state index contributed by atoms with van der Waals surface area (Å²) in [6.07, 6.45) is 3.74. The van der Waals surface area contributed by atoms with E-state index < -0.39 is 0 Å². The largest absolute Gasteiger partial charge is 0.353 e. The van der Waals surface area contributed by atoms with Crippen LogP contribution in [-0.2, 0) is 0 Å². The lowest BCUT2D eigenvalue weighted by atomic mass is 10.3. The second-order valence-corrected chi connectivity index (χ2v) is 5.19. The Hall–Kier alpha value is -1.23. The maximum Gasteiger partial charge on any atom is 0.154 e. The van der Waals surface area contributed by atoms with Gasteiger partial charge in [0, 0.05) is 37.0 Å². The van der Waals surface area contributed by atoms with Crippen molar-refractivity contribution in [2.45, 2.75) is 6.92 Å². The molecule has 0 aliphatic carbocycles. The van der Waals surface area contributed by atoms with Gasteiger partial charge in [-0.05, 0) is 13.0 Å². The highest BCUT2D eigenvalue weighted by atomic mass is 32.2. The zero-order valence-corrected chi connectivity index (χ0v) is 10.1. The monoisotopic (exact) mass is 234 g/mol. The fraction of sp³-hybridized carbons (Fsp3) is 0.455. The quantitative estimate of drug-likeness (QED) is 0.750. The van der Waals surface area contributed by atoms with Crippen molar-refractivity contribution < 1.29 is 0 Å². The molecule has 84 valence electrons. The van der Waals surface area contributed by atoms with Gasteiger partial charge >= 0.3 is 0 Å². The van der Waals surface area contributed by atoms with Crippen LogP contribution in [0.15, 0.2) is 18.5 Å². The number of aryl methyl sites for hydroxylation is 1. The summed E-state index contributed by atoms with van der Waals surface area (Å²) in [5, 5.41) is 4.41. The number of hydrogen-bond donors (Lipinski definition) is 0. The standard InChI is InChI=1S/C11H14N4S/c1-9-8-10-11(12-2-3-15(10)13-9)14-4-6-16-7-5-14/h2-3,8H,4-7H2,1H3. The molecule has 0 bridgehead atoms. The van der Waals surface area contributed by atoms with Crippen LogP contribution in [0.25, 0.3) is 5.52 Å². The highest BCUT2D eigenvalue weighted by Gasteiger charge is 2.15. The Balaban J connectivity index is 2.07. The average molecular weight is 234 g/mol. The van der Waals surface area contributed by atoms with E-state index in [1.54, 1.807) is 0 Å². The fourth-order valence-electron chi connectivity index (χ4n) is 2.05. The first-order chi connectivity index (χ1) is 7.84. The maximum absolute atomic E-state index is 4.50. The summed E-state index contributed by atoms with van der Waals surface area (Å²) in [5.41, 5.74) is 2.16. The van der Waals surface area contributed by atoms with Crippen molar-refractivity contribution in [3.8, 4) is 0 Å². The number of rotatable bonds is 1. The van der Waals surface area contributed by atoms with Gasteiger partial charge in [-0.1, -0.05) is 0 Å². The van der Waals surface area contributed by atoms with Gasteiger partial charge in [0.05, 0.1) is 5.69 Å². The van der Waals surface area contributed by atoms with E-state index in [1.807, 2.05) is 35.6 Å². The van der Waals surface area contributed by atoms with Crippen LogP contribution in [0.3, 0.4) is 0 Å². The normalized spacial score (nSPS) is 16.9. The summed E-state index contributed by atoms with van der Waals surface area (Å²) in [6.45, 7) is 4.19. The molecule has 0 N–H and O–H groups in total. The SMILES string of the molecule is Cc1cc2c(N3CCSCC3)nccn2n1. The minimum absolute atomic E-state index is 1.04. The van der Waals surface area contributed by atoms with Crippen LogP contribution in [0, 0.1) is 6.92 Å². The number of anilines is 1. The minimum atomic E-state index is 1.04. The van der Waals surface area contributed by atoms with Crippen molar-refractivity contribution in [2.75, 3.05) is 29.5 Å². The zero-order chi connectivity index (χ0) is 11.0. The maximum atomic E-state index is 4.50. The predicted octanol–water partition coefficient (Wildman–Crippen LogP) is 1.59. The van der Waals surface area contributed by atoms with Crippen molar-refractivity contribution in [3.63, 3.8) is 0 Å². The molecule has 0 amide bonds. The van der Waals surface area contributed by atoms with Gasteiger partial charge in [0.25, 0.3) is 0 Å². The van der Waals surface area contributed by atoms with Gasteiger partial charge in [-0.15, -0.1) is 0 Å². The van der Waals surface area contributed by atoms with Crippen LogP contribution in [0.5, 0.6) is 0 Å². The molecule has 4 nitrogen and oxygen atoms in total. The van der Waals surface area contributed by atoms with Crippen molar-refractivity contribution in [1.82, 2.24) is 14.6 Å². The average Bonchev–Trinajstić information content (AvgIpc) is 2.70. The first-order valence-electron chi connectivity index (χ1n) is 5.48. The van der Waals surface area contributed by atoms with E-state index in [-0.39, 0.29) is 0 Å². The third kappa shape index (κ3) is 1.65. The fourth-order valence-corrected chi connectivity index (χ4v) is 2.95. The van der Waals surface area contributed by atoms with Gasteiger partial charge < -0.3 is 4.90 Å². The van der Waals surface area contributed by atoms with Gasteiger partial charge in [-0.3, -0.25) is 0 Å². The molecular weight excluding hydrogens is 220 g/mol. The topological polar surface area (TPSA) is 33.4 Å². The molecule has 0 unspecified atom stereocenters. The van der Waals surface area contributed by atoms with Crippen LogP contribution in [0.2, 0.25) is 0 Å². The van der Waals surface area contributed by atoms with Crippen LogP contribution in [-0.4, -0.2) is 39.2 Å². The van der Waals surface area contributed by atoms with E-state index in [9.17, 15) is 0 Å². The summed E-state index contributed by atoms with van der Waals surface area (Å²) < 4.78 is 1.92. The smallest absolute Gasteiger partial charge is 0.154 e. The Labute approximate surface area is 98.7 Å². The van der Waals surface area contributed by atoms with Gasteiger partial charge in [0.2, 0.25) is 0 Å². The van der Waals surface area contributed by atoms with E-state index in [0.717, 1.165) is 30.1 Å². The molecule has 0 aromatic carbocycles. The third-order valence-corrected chi connectivity index (χ3v) is 3.74. The molecule has 3 heterocycles. The van der Waals surface area contributed by atoms with E-state index in [0.29, 0.717) is 0 Å². The minimum Gasteiger partial charge on any atom is -0.353 e. The summed E-state index contributed by atoms with van der Waals surface area (Å²) in [5.74, 6) is 3.45. The molecule has 5 heteroatoms. The Morgan fingerprint density at radius 3 is 2.94 bits per heavy atom. The molecule has 2 aromatic heterocycles. The number of hydrogen-bond acceptors (Lipinski definition) is 4. The third-order valence-electron chi connectivity index (χ3n) is 2.80. The van der Waals surface area contributed by atoms with E-state index in [2.05, 4.69) is 21.0 Å². The van der Waals surface area contributed by atoms with E-state index in [4.69, 9.17) is 0 Å². The second kappa shape index (κ2) is 3.97. The molecule has 0 atom stereocenters. The number of nitrogens with zero attached hydrogens (tertiary/aromatic N) is 4. The number of thioether (sulfide) groups is 1. The molecule has 0 saturated carbocycles. The summed E-state index contributed by atoms with van der Waals surface area (Å²) in [4.78, 5) is 6.85. The van der Waals surface area contributed by atoms with Crippen LogP contribution in [0.1, 0.15) is 5.69 Å². The molecule has 1 aliphatic rings. The molecular formula is C11H14N4S. The van der Waals surface area contributed by atoms with Crippen molar-refractivity contribution >= 4 is 23.1 Å². The lowest BCUT2D eigenvalue weighted by Crippen LogP contribution is -2.33. The van der Waals surface area contributed by atoms with Crippen LogP contribution < -0.4 is 4.90 Å². The van der Waals surface area contributed by atoms with Crippen LogP contribution in [0.4, 0.5) is 5.82 Å². The lowest BCUT2D eigenvalue weighted by Gasteiger charge is -2.27. The highest BCUT2D eigenvalue weighted by Crippen LogP contribution is 2.22. The van der Waals surface area contributed by atoms with E-state index >= 15 is 0 Å². The summed E-state index contributed by atoms with van der Waals surface area (Å²) >= 11 is 2.01. The number of aromatic nitrogens is 3. The predicted molar refractivity (Wildman–Crippen MR) is 67.3 cm³/mol. The van der Waals surface area contributed by atoms with Gasteiger partial charge in [-0.2, -0.15) is 16.9 Å². The molecule has 3 rings (SSSR count).